The van der Waals surface area contributed by atoms with Crippen molar-refractivity contribution >= 4 is 60.5 Å². The van der Waals surface area contributed by atoms with Crippen molar-refractivity contribution in [3.63, 3.8) is 0 Å². The van der Waals surface area contributed by atoms with E-state index in [1.807, 2.05) is 0 Å². The first kappa shape index (κ1) is 27.9. The van der Waals surface area contributed by atoms with E-state index in [0.717, 1.165) is 8.61 Å². The van der Waals surface area contributed by atoms with Crippen LogP contribution in [0, 0.1) is 0 Å². The average molecular weight is 572 g/mol. The Kier molecular flexibility index (Phi) is 8.65. The van der Waals surface area contributed by atoms with Crippen molar-refractivity contribution in [2.45, 2.75) is 9.79 Å². The van der Waals surface area contributed by atoms with E-state index >= 15 is 0 Å². The second-order valence-corrected chi connectivity index (χ2v) is 12.5. The highest BCUT2D eigenvalue weighted by Gasteiger charge is 2.25. The van der Waals surface area contributed by atoms with E-state index in [4.69, 9.17) is 23.2 Å². The largest absolute Gasteiger partial charge is 0.394 e. The Hall–Kier alpha value is -2.67. The molecule has 0 aromatic heterocycles. The van der Waals surface area contributed by atoms with Crippen molar-refractivity contribution in [1.82, 2.24) is 4.31 Å². The number of benzene rings is 3. The molecule has 0 unspecified atom stereocenters. The molecule has 3 aromatic rings. The second kappa shape index (κ2) is 11.2. The van der Waals surface area contributed by atoms with E-state index in [0.29, 0.717) is 5.69 Å². The minimum absolute atomic E-state index is 0.0491. The minimum atomic E-state index is -4.07. The highest BCUT2D eigenvalue weighted by Crippen LogP contribution is 2.30. The number of aliphatic hydroxyl groups is 1. The third kappa shape index (κ3) is 6.00. The van der Waals surface area contributed by atoms with Gasteiger partial charge in [0.15, 0.2) is 0 Å². The van der Waals surface area contributed by atoms with Gasteiger partial charge in [-0.25, -0.2) is 21.1 Å². The molecular weight excluding hydrogens is 549 g/mol. The molecular formula is C23H23Cl2N3O6S2. The van der Waals surface area contributed by atoms with E-state index in [-0.39, 0.29) is 37.6 Å². The first-order valence-corrected chi connectivity index (χ1v) is 14.0. The van der Waals surface area contributed by atoms with E-state index in [1.165, 1.54) is 80.8 Å². The number of hydrogen-bond donors (Lipinski definition) is 2. The first-order valence-electron chi connectivity index (χ1n) is 10.4. The van der Waals surface area contributed by atoms with Crippen LogP contribution in [0.4, 0.5) is 11.4 Å². The van der Waals surface area contributed by atoms with Crippen LogP contribution in [0.25, 0.3) is 0 Å². The Morgan fingerprint density at radius 2 is 1.39 bits per heavy atom. The maximum atomic E-state index is 13.2. The fourth-order valence-electron chi connectivity index (χ4n) is 3.15. The Labute approximate surface area is 220 Å². The predicted octanol–water partition coefficient (Wildman–Crippen LogP) is 3.68. The van der Waals surface area contributed by atoms with Crippen LogP contribution in [0.5, 0.6) is 0 Å². The van der Waals surface area contributed by atoms with Crippen LogP contribution in [-0.4, -0.2) is 59.4 Å². The SMILES string of the molecule is CN(C)S(=O)(=O)c1ccc(C(=O)Nc2ccc(S(=O)(=O)N(CCO)c3ccc(Cl)c(Cl)c3)cc2)cc1. The summed E-state index contributed by atoms with van der Waals surface area (Å²) in [6.45, 7) is -0.638. The van der Waals surface area contributed by atoms with Gasteiger partial charge in [0.25, 0.3) is 15.9 Å². The summed E-state index contributed by atoms with van der Waals surface area (Å²) < 4.78 is 52.9. The van der Waals surface area contributed by atoms with Crippen LogP contribution < -0.4 is 9.62 Å². The van der Waals surface area contributed by atoms with Crippen LogP contribution >= 0.6 is 23.2 Å². The lowest BCUT2D eigenvalue weighted by Crippen LogP contribution is -2.33. The van der Waals surface area contributed by atoms with Gasteiger partial charge in [0.05, 0.1) is 38.7 Å². The molecule has 3 aromatic carbocycles. The summed E-state index contributed by atoms with van der Waals surface area (Å²) in [7, 11) is -4.87. The van der Waals surface area contributed by atoms with E-state index in [9.17, 15) is 26.7 Å². The number of halogens is 2. The third-order valence-electron chi connectivity index (χ3n) is 5.09. The standard InChI is InChI=1S/C23H23Cl2N3O6S2/c1-27(2)35(31,32)19-8-3-16(4-9-19)23(30)26-17-5-10-20(11-6-17)36(33,34)28(13-14-29)18-7-12-21(24)22(25)15-18/h3-12,15,29H,13-14H2,1-2H3,(H,26,30). The van der Waals surface area contributed by atoms with Crippen LogP contribution in [0.15, 0.2) is 76.5 Å². The van der Waals surface area contributed by atoms with Gasteiger partial charge in [0.2, 0.25) is 10.0 Å². The summed E-state index contributed by atoms with van der Waals surface area (Å²) in [5.41, 5.74) is 0.779. The topological polar surface area (TPSA) is 124 Å². The van der Waals surface area contributed by atoms with Crippen molar-refractivity contribution in [3.05, 3.63) is 82.3 Å². The van der Waals surface area contributed by atoms with Gasteiger partial charge in [-0.3, -0.25) is 9.10 Å². The number of rotatable bonds is 9. The Morgan fingerprint density at radius 3 is 1.92 bits per heavy atom. The fourth-order valence-corrected chi connectivity index (χ4v) is 5.79. The molecule has 0 aliphatic carbocycles. The van der Waals surface area contributed by atoms with Gasteiger partial charge in [-0.2, -0.15) is 0 Å². The summed E-state index contributed by atoms with van der Waals surface area (Å²) >= 11 is 12.0. The van der Waals surface area contributed by atoms with E-state index in [2.05, 4.69) is 5.32 Å². The normalized spacial score (nSPS) is 11.9. The number of sulfonamides is 2. The monoisotopic (exact) mass is 571 g/mol. The molecule has 0 spiro atoms. The molecule has 1 amide bonds. The zero-order chi connectivity index (χ0) is 26.7. The van der Waals surface area contributed by atoms with Gasteiger partial charge in [0, 0.05) is 25.3 Å². The van der Waals surface area contributed by atoms with Gasteiger partial charge in [0.1, 0.15) is 0 Å². The molecule has 192 valence electrons. The van der Waals surface area contributed by atoms with E-state index < -0.39 is 32.6 Å². The molecule has 0 saturated heterocycles. The van der Waals surface area contributed by atoms with Gasteiger partial charge in [-0.05, 0) is 66.7 Å². The summed E-state index contributed by atoms with van der Waals surface area (Å²) in [4.78, 5) is 12.6. The molecule has 0 atom stereocenters. The number of nitrogens with one attached hydrogen (secondary N) is 1. The lowest BCUT2D eigenvalue weighted by molar-refractivity contribution is 0.102. The zero-order valence-electron chi connectivity index (χ0n) is 19.2. The van der Waals surface area contributed by atoms with Crippen LogP contribution in [0.1, 0.15) is 10.4 Å². The summed E-state index contributed by atoms with van der Waals surface area (Å²) in [5, 5.41) is 12.5. The van der Waals surface area contributed by atoms with Crippen molar-refractivity contribution in [1.29, 1.82) is 0 Å². The Balaban J connectivity index is 1.80. The third-order valence-corrected chi connectivity index (χ3v) is 9.50. The van der Waals surface area contributed by atoms with Crippen molar-refractivity contribution in [2.24, 2.45) is 0 Å². The lowest BCUT2D eigenvalue weighted by Gasteiger charge is -2.24. The smallest absolute Gasteiger partial charge is 0.264 e. The van der Waals surface area contributed by atoms with Crippen LogP contribution in [-0.2, 0) is 20.0 Å². The van der Waals surface area contributed by atoms with E-state index in [1.54, 1.807) is 0 Å². The van der Waals surface area contributed by atoms with Gasteiger partial charge < -0.3 is 10.4 Å². The molecule has 0 aliphatic rings. The maximum absolute atomic E-state index is 13.2. The molecule has 0 bridgehead atoms. The predicted molar refractivity (Wildman–Crippen MR) is 140 cm³/mol. The fraction of sp³-hybridized carbons (Fsp3) is 0.174. The Morgan fingerprint density at radius 1 is 0.833 bits per heavy atom. The van der Waals surface area contributed by atoms with Gasteiger partial charge in [-0.1, -0.05) is 23.2 Å². The minimum Gasteiger partial charge on any atom is -0.394 e. The molecule has 0 saturated carbocycles. The molecule has 13 heteroatoms. The van der Waals surface area contributed by atoms with Crippen molar-refractivity contribution < 1.29 is 26.7 Å². The van der Waals surface area contributed by atoms with Gasteiger partial charge in [-0.15, -0.1) is 0 Å². The molecule has 0 aliphatic heterocycles. The van der Waals surface area contributed by atoms with Crippen molar-refractivity contribution in [3.8, 4) is 0 Å². The van der Waals surface area contributed by atoms with Crippen molar-refractivity contribution in [2.75, 3.05) is 36.9 Å². The summed E-state index contributed by atoms with van der Waals surface area (Å²) in [5.74, 6) is -0.503. The highest BCUT2D eigenvalue weighted by molar-refractivity contribution is 7.92. The zero-order valence-corrected chi connectivity index (χ0v) is 22.4. The summed E-state index contributed by atoms with van der Waals surface area (Å²) in [6, 6.07) is 15.2. The Bertz CT molecular complexity index is 1460. The first-order chi connectivity index (χ1) is 16.9. The molecule has 9 nitrogen and oxygen atoms in total. The molecule has 0 radical (unpaired) electrons. The number of carbonyl (C=O) groups excluding carboxylic acids is 1. The van der Waals surface area contributed by atoms with Crippen LogP contribution in [0.2, 0.25) is 10.0 Å². The number of aliphatic hydroxyl groups excluding tert-OH is 1. The van der Waals surface area contributed by atoms with Crippen LogP contribution in [0.3, 0.4) is 0 Å². The molecule has 36 heavy (non-hydrogen) atoms. The number of amides is 1. The number of hydrogen-bond acceptors (Lipinski definition) is 6. The number of carbonyl (C=O) groups is 1. The lowest BCUT2D eigenvalue weighted by atomic mass is 10.2. The van der Waals surface area contributed by atoms with Gasteiger partial charge >= 0.3 is 0 Å². The maximum Gasteiger partial charge on any atom is 0.264 e. The molecule has 2 N–H and O–H groups in total. The second-order valence-electron chi connectivity index (χ2n) is 7.69. The quantitative estimate of drug-likeness (QED) is 0.403. The summed E-state index contributed by atoms with van der Waals surface area (Å²) in [6.07, 6.45) is 0. The number of anilines is 2. The average Bonchev–Trinajstić information content (AvgIpc) is 2.84. The molecule has 0 fully saturated rings. The molecule has 0 heterocycles. The highest BCUT2D eigenvalue weighted by atomic mass is 35.5. The number of nitrogens with zero attached hydrogens (tertiary/aromatic N) is 2. The molecule has 3 rings (SSSR count).